The van der Waals surface area contributed by atoms with Crippen molar-refractivity contribution in [2.75, 3.05) is 6.54 Å². The first-order valence-electron chi connectivity index (χ1n) is 7.17. The molecule has 17 heavy (non-hydrogen) atoms. The van der Waals surface area contributed by atoms with E-state index in [1.165, 1.54) is 49.8 Å². The van der Waals surface area contributed by atoms with Gasteiger partial charge in [0.2, 0.25) is 0 Å². The van der Waals surface area contributed by atoms with Gasteiger partial charge in [0.15, 0.2) is 0 Å². The predicted molar refractivity (Wildman–Crippen MR) is 74.1 cm³/mol. The second-order valence-electron chi connectivity index (χ2n) is 5.24. The van der Waals surface area contributed by atoms with Crippen LogP contribution in [0.3, 0.4) is 0 Å². The van der Waals surface area contributed by atoms with Crippen molar-refractivity contribution < 1.29 is 0 Å². The molecule has 1 aliphatic carbocycles. The van der Waals surface area contributed by atoms with Crippen LogP contribution >= 0.6 is 0 Å². The largest absolute Gasteiger partial charge is 0.313 e. The fraction of sp³-hybridized carbons (Fsp3) is 0.625. The second-order valence-corrected chi connectivity index (χ2v) is 5.24. The van der Waals surface area contributed by atoms with Gasteiger partial charge in [0.05, 0.1) is 0 Å². The minimum atomic E-state index is 1.00. The zero-order valence-corrected chi connectivity index (χ0v) is 11.0. The molecule has 0 bridgehead atoms. The van der Waals surface area contributed by atoms with E-state index < -0.39 is 0 Å². The smallest absolute Gasteiger partial charge is 0.0208 e. The van der Waals surface area contributed by atoms with E-state index >= 15 is 0 Å². The number of rotatable bonds is 6. The minimum absolute atomic E-state index is 1.00. The molecule has 1 saturated carbocycles. The maximum atomic E-state index is 3.60. The van der Waals surface area contributed by atoms with Crippen molar-refractivity contribution in [2.45, 2.75) is 52.0 Å². The van der Waals surface area contributed by atoms with E-state index in [9.17, 15) is 0 Å². The highest BCUT2D eigenvalue weighted by atomic mass is 14.8. The molecule has 1 aromatic rings. The molecule has 1 fully saturated rings. The van der Waals surface area contributed by atoms with Crippen LogP contribution in [0.4, 0.5) is 0 Å². The van der Waals surface area contributed by atoms with E-state index in [-0.39, 0.29) is 0 Å². The average molecular weight is 231 g/mol. The van der Waals surface area contributed by atoms with Crippen LogP contribution in [0.25, 0.3) is 0 Å². The Bertz CT molecular complexity index is 326. The van der Waals surface area contributed by atoms with E-state index in [0.29, 0.717) is 0 Å². The lowest BCUT2D eigenvalue weighted by atomic mass is 10.0. The van der Waals surface area contributed by atoms with Gasteiger partial charge in [-0.05, 0) is 36.4 Å². The van der Waals surface area contributed by atoms with Gasteiger partial charge in [-0.3, -0.25) is 0 Å². The number of benzene rings is 1. The number of hydrogen-bond donors (Lipinski definition) is 1. The van der Waals surface area contributed by atoms with Crippen molar-refractivity contribution in [3.63, 3.8) is 0 Å². The number of nitrogens with one attached hydrogen (secondary N) is 1. The minimum Gasteiger partial charge on any atom is -0.313 e. The van der Waals surface area contributed by atoms with Crippen LogP contribution in [0, 0.1) is 5.92 Å². The topological polar surface area (TPSA) is 12.0 Å². The molecule has 94 valence electrons. The molecular weight excluding hydrogens is 206 g/mol. The van der Waals surface area contributed by atoms with Gasteiger partial charge in [0.1, 0.15) is 0 Å². The first kappa shape index (κ1) is 12.6. The van der Waals surface area contributed by atoms with E-state index in [1.54, 1.807) is 0 Å². The number of hydrogen-bond acceptors (Lipinski definition) is 1. The summed E-state index contributed by atoms with van der Waals surface area (Å²) in [5.74, 6) is 1.00. The van der Waals surface area contributed by atoms with Gasteiger partial charge in [0.25, 0.3) is 0 Å². The molecule has 2 rings (SSSR count). The van der Waals surface area contributed by atoms with Gasteiger partial charge in [-0.25, -0.2) is 0 Å². The Morgan fingerprint density at radius 3 is 2.53 bits per heavy atom. The fourth-order valence-electron chi connectivity index (χ4n) is 2.90. The molecule has 0 spiro atoms. The van der Waals surface area contributed by atoms with E-state index in [0.717, 1.165) is 18.9 Å². The van der Waals surface area contributed by atoms with Crippen molar-refractivity contribution >= 4 is 0 Å². The van der Waals surface area contributed by atoms with Gasteiger partial charge < -0.3 is 5.32 Å². The molecule has 1 heteroatoms. The molecule has 1 aromatic carbocycles. The van der Waals surface area contributed by atoms with Crippen molar-refractivity contribution in [1.82, 2.24) is 5.32 Å². The van der Waals surface area contributed by atoms with Crippen molar-refractivity contribution in [1.29, 1.82) is 0 Å². The molecular formula is C16H25N. The molecule has 1 N–H and O–H groups in total. The lowest BCUT2D eigenvalue weighted by Crippen LogP contribution is -2.17. The first-order chi connectivity index (χ1) is 8.40. The summed E-state index contributed by atoms with van der Waals surface area (Å²) in [7, 11) is 0. The lowest BCUT2D eigenvalue weighted by molar-refractivity contribution is 0.477. The Morgan fingerprint density at radius 1 is 1.12 bits per heavy atom. The van der Waals surface area contributed by atoms with Gasteiger partial charge >= 0.3 is 0 Å². The Hall–Kier alpha value is -0.820. The summed E-state index contributed by atoms with van der Waals surface area (Å²) in [6, 6.07) is 8.78. The van der Waals surface area contributed by atoms with Crippen molar-refractivity contribution in [3.05, 3.63) is 35.4 Å². The normalized spacial score (nSPS) is 16.5. The van der Waals surface area contributed by atoms with Crippen LogP contribution in [0.5, 0.6) is 0 Å². The summed E-state index contributed by atoms with van der Waals surface area (Å²) >= 11 is 0. The average Bonchev–Trinajstić information content (AvgIpc) is 2.88. The van der Waals surface area contributed by atoms with E-state index in [4.69, 9.17) is 0 Å². The molecule has 0 unspecified atom stereocenters. The highest BCUT2D eigenvalue weighted by Gasteiger charge is 2.13. The molecule has 0 amide bonds. The van der Waals surface area contributed by atoms with Crippen LogP contribution in [0.1, 0.15) is 50.2 Å². The summed E-state index contributed by atoms with van der Waals surface area (Å²) in [4.78, 5) is 0. The van der Waals surface area contributed by atoms with Crippen LogP contribution in [0.15, 0.2) is 24.3 Å². The molecule has 0 saturated heterocycles. The summed E-state index contributed by atoms with van der Waals surface area (Å²) in [6.07, 6.45) is 8.36. The zero-order chi connectivity index (χ0) is 11.9. The third-order valence-corrected chi connectivity index (χ3v) is 4.02. The van der Waals surface area contributed by atoms with Crippen molar-refractivity contribution in [3.8, 4) is 0 Å². The van der Waals surface area contributed by atoms with Gasteiger partial charge in [-0.15, -0.1) is 0 Å². The van der Waals surface area contributed by atoms with E-state index in [2.05, 4.69) is 36.5 Å². The summed E-state index contributed by atoms with van der Waals surface area (Å²) in [5, 5.41) is 3.60. The summed E-state index contributed by atoms with van der Waals surface area (Å²) < 4.78 is 0. The zero-order valence-electron chi connectivity index (χ0n) is 11.0. The quantitative estimate of drug-likeness (QED) is 0.732. The Kier molecular flexibility index (Phi) is 5.06. The number of aryl methyl sites for hydroxylation is 1. The highest BCUT2D eigenvalue weighted by molar-refractivity contribution is 5.26. The van der Waals surface area contributed by atoms with Crippen LogP contribution in [-0.4, -0.2) is 6.54 Å². The molecule has 1 nitrogen and oxygen atoms in total. The maximum absolute atomic E-state index is 3.60. The fourth-order valence-corrected chi connectivity index (χ4v) is 2.90. The molecule has 0 atom stereocenters. The maximum Gasteiger partial charge on any atom is 0.0208 e. The Labute approximate surface area is 106 Å². The summed E-state index contributed by atoms with van der Waals surface area (Å²) in [6.45, 7) is 4.46. The summed E-state index contributed by atoms with van der Waals surface area (Å²) in [5.41, 5.74) is 2.96. The third-order valence-electron chi connectivity index (χ3n) is 4.02. The van der Waals surface area contributed by atoms with Crippen LogP contribution < -0.4 is 5.32 Å². The standard InChI is InChI=1S/C16H25N/c1-2-15-9-5-6-10-16(15)13-17-12-11-14-7-3-4-8-14/h5-6,9-10,14,17H,2-4,7-8,11-13H2,1H3. The molecule has 1 aliphatic rings. The molecule has 0 heterocycles. The third kappa shape index (κ3) is 3.85. The lowest BCUT2D eigenvalue weighted by Gasteiger charge is -2.11. The Morgan fingerprint density at radius 2 is 1.82 bits per heavy atom. The Balaban J connectivity index is 1.70. The van der Waals surface area contributed by atoms with E-state index in [1.807, 2.05) is 0 Å². The SMILES string of the molecule is CCc1ccccc1CNCCC1CCCC1. The van der Waals surface area contributed by atoms with Gasteiger partial charge in [0, 0.05) is 6.54 Å². The van der Waals surface area contributed by atoms with Crippen molar-refractivity contribution in [2.24, 2.45) is 5.92 Å². The van der Waals surface area contributed by atoms with Crippen LogP contribution in [-0.2, 0) is 13.0 Å². The van der Waals surface area contributed by atoms with Gasteiger partial charge in [-0.2, -0.15) is 0 Å². The monoisotopic (exact) mass is 231 g/mol. The predicted octanol–water partition coefficient (Wildman–Crippen LogP) is 3.92. The van der Waals surface area contributed by atoms with Crippen LogP contribution in [0.2, 0.25) is 0 Å². The first-order valence-corrected chi connectivity index (χ1v) is 7.17. The molecule has 0 aliphatic heterocycles. The highest BCUT2D eigenvalue weighted by Crippen LogP contribution is 2.26. The van der Waals surface area contributed by atoms with Gasteiger partial charge in [-0.1, -0.05) is 56.9 Å². The molecule has 0 radical (unpaired) electrons. The second kappa shape index (κ2) is 6.80. The molecule has 0 aromatic heterocycles.